The average molecular weight is 895 g/mol. The van der Waals surface area contributed by atoms with Crippen molar-refractivity contribution in [3.8, 4) is 45.3 Å². The van der Waals surface area contributed by atoms with Gasteiger partial charge in [-0.2, -0.15) is 0 Å². The van der Waals surface area contributed by atoms with Crippen molar-refractivity contribution in [3.63, 3.8) is 0 Å². The zero-order chi connectivity index (χ0) is 45.7. The average Bonchev–Trinajstić information content (AvgIpc) is 3.95. The lowest BCUT2D eigenvalue weighted by Crippen LogP contribution is -2.67. The van der Waals surface area contributed by atoms with Gasteiger partial charge in [0.25, 0.3) is 13.4 Å². The Hall–Kier alpha value is -8.87. The van der Waals surface area contributed by atoms with Gasteiger partial charge in [-0.3, -0.25) is 0 Å². The fourth-order valence-corrected chi connectivity index (χ4v) is 12.9. The predicted molar refractivity (Wildman–Crippen MR) is 287 cm³/mol. The lowest BCUT2D eigenvalue weighted by atomic mass is 9.29. The molecule has 5 aliphatic heterocycles. The standard InChI is InChI=1S/C62H36B2N2O4/c1-33-24-26-40-42-30-46-54-57(61(42)67-48(40)28-33)65(37-18-10-5-11-19-37)58-55-47(31-43-41-27-25-34(2)29-49(41)68-62(43)58)64-45-23-13-21-39(36-16-8-4-9-17-36)60(45)70-51-32-50-52(56(53(51)64)66(54)55)63(46)44-22-12-20-38(59(44)69-50)35-14-6-3-7-15-35/h3-32H,1-2H3. The third-order valence-corrected chi connectivity index (χ3v) is 15.7. The topological polar surface area (TPSA) is 51.2 Å². The van der Waals surface area contributed by atoms with E-state index in [0.29, 0.717) is 0 Å². The fourth-order valence-electron chi connectivity index (χ4n) is 12.9. The first-order valence-corrected chi connectivity index (χ1v) is 24.1. The van der Waals surface area contributed by atoms with Crippen LogP contribution in [0.15, 0.2) is 191 Å². The van der Waals surface area contributed by atoms with E-state index < -0.39 is 0 Å². The number of hydrogen-bond acceptors (Lipinski definition) is 6. The maximum atomic E-state index is 7.45. The zero-order valence-corrected chi connectivity index (χ0v) is 38.0. The number of anilines is 6. The fraction of sp³-hybridized carbons (Fsp3) is 0.0323. The number of rotatable bonds is 3. The smallest absolute Gasteiger partial charge is 0.256 e. The molecule has 0 N–H and O–H groups in total. The Morgan fingerprint density at radius 3 is 1.33 bits per heavy atom. The minimum atomic E-state index is -0.205. The van der Waals surface area contributed by atoms with Crippen LogP contribution in [0, 0.1) is 13.8 Å². The first kappa shape index (κ1) is 37.2. The number of furan rings is 2. The van der Waals surface area contributed by atoms with E-state index in [-0.39, 0.29) is 13.4 Å². The highest BCUT2D eigenvalue weighted by atomic mass is 16.5. The molecule has 0 radical (unpaired) electrons. The van der Waals surface area contributed by atoms with Gasteiger partial charge in [-0.15, -0.1) is 0 Å². The van der Waals surface area contributed by atoms with Crippen molar-refractivity contribution in [1.29, 1.82) is 0 Å². The summed E-state index contributed by atoms with van der Waals surface area (Å²) < 4.78 is 29.4. The molecule has 0 amide bonds. The Bertz CT molecular complexity index is 4100. The van der Waals surface area contributed by atoms with Crippen molar-refractivity contribution in [1.82, 2.24) is 0 Å². The summed E-state index contributed by atoms with van der Waals surface area (Å²) in [4.78, 5) is 5.02. The molecule has 2 aromatic heterocycles. The minimum absolute atomic E-state index is 0.205. The lowest BCUT2D eigenvalue weighted by molar-refractivity contribution is 0.467. The van der Waals surface area contributed by atoms with E-state index in [0.717, 1.165) is 156 Å². The molecule has 0 unspecified atom stereocenters. The number of fused-ring (bicyclic) bond motifs is 14. The zero-order valence-electron chi connectivity index (χ0n) is 38.0. The van der Waals surface area contributed by atoms with Gasteiger partial charge in [-0.05, 0) is 93.1 Å². The summed E-state index contributed by atoms with van der Waals surface area (Å²) in [6.45, 7) is 3.86. The summed E-state index contributed by atoms with van der Waals surface area (Å²) in [5, 5.41) is 4.29. The summed E-state index contributed by atoms with van der Waals surface area (Å²) >= 11 is 0. The van der Waals surface area contributed by atoms with Crippen LogP contribution in [0.5, 0.6) is 23.0 Å². The van der Waals surface area contributed by atoms with Crippen molar-refractivity contribution >= 4 is 124 Å². The van der Waals surface area contributed by atoms with Crippen LogP contribution in [-0.2, 0) is 0 Å². The van der Waals surface area contributed by atoms with Crippen molar-refractivity contribution < 1.29 is 18.3 Å². The van der Waals surface area contributed by atoms with E-state index >= 15 is 0 Å². The third kappa shape index (κ3) is 4.57. The Labute approximate surface area is 402 Å². The molecule has 12 aromatic rings. The maximum Gasteiger partial charge on any atom is 0.256 e. The highest BCUT2D eigenvalue weighted by Gasteiger charge is 2.55. The molecule has 8 heteroatoms. The molecule has 0 spiro atoms. The van der Waals surface area contributed by atoms with Crippen LogP contribution in [0.3, 0.4) is 0 Å². The van der Waals surface area contributed by atoms with Crippen molar-refractivity contribution in [3.05, 3.63) is 193 Å². The van der Waals surface area contributed by atoms with Gasteiger partial charge in [0.1, 0.15) is 45.5 Å². The number of benzene rings is 10. The van der Waals surface area contributed by atoms with E-state index in [1.807, 2.05) is 0 Å². The number of hydrogen-bond donors (Lipinski definition) is 0. The molecule has 0 fully saturated rings. The lowest BCUT2D eigenvalue weighted by Gasteiger charge is -2.51. The van der Waals surface area contributed by atoms with Crippen molar-refractivity contribution in [2.75, 3.05) is 9.80 Å². The van der Waals surface area contributed by atoms with Gasteiger partial charge in [-0.25, -0.2) is 0 Å². The monoisotopic (exact) mass is 894 g/mol. The van der Waals surface area contributed by atoms with Crippen LogP contribution in [0.4, 0.5) is 34.1 Å². The Balaban J connectivity index is 1.09. The highest BCUT2D eigenvalue weighted by molar-refractivity contribution is 7.04. The van der Waals surface area contributed by atoms with Gasteiger partial charge in [0.15, 0.2) is 11.2 Å². The molecule has 0 bridgehead atoms. The van der Waals surface area contributed by atoms with Gasteiger partial charge in [0, 0.05) is 50.1 Å². The predicted octanol–water partition coefficient (Wildman–Crippen LogP) is 12.6. The van der Waals surface area contributed by atoms with E-state index in [2.05, 4.69) is 206 Å². The van der Waals surface area contributed by atoms with Crippen molar-refractivity contribution in [2.45, 2.75) is 13.8 Å². The van der Waals surface area contributed by atoms with Crippen LogP contribution >= 0.6 is 0 Å². The van der Waals surface area contributed by atoms with Crippen LogP contribution < -0.4 is 52.1 Å². The SMILES string of the molecule is Cc1ccc2c(c1)oc1c3c4c(cc12)B1c2cccc(-c5ccccc5)c2Oc2cc5c6c(c21)N4c1c(cc2c(oc4cc(C)ccc42)c1N3c1ccccc1)B6c1cccc(-c2ccccc2)c1O5. The van der Waals surface area contributed by atoms with E-state index in [1.54, 1.807) is 0 Å². The summed E-state index contributed by atoms with van der Waals surface area (Å²) in [7, 11) is 0. The Morgan fingerprint density at radius 2 is 0.843 bits per heavy atom. The molecule has 70 heavy (non-hydrogen) atoms. The molecule has 17 rings (SSSR count). The van der Waals surface area contributed by atoms with Crippen LogP contribution in [0.25, 0.3) is 66.1 Å². The van der Waals surface area contributed by atoms with Gasteiger partial charge in [0.2, 0.25) is 0 Å². The van der Waals surface area contributed by atoms with Gasteiger partial charge in [0.05, 0.1) is 11.4 Å². The number of aryl methyl sites for hydroxylation is 2. The molecule has 6 nitrogen and oxygen atoms in total. The molecule has 10 aromatic carbocycles. The van der Waals surface area contributed by atoms with E-state index in [9.17, 15) is 0 Å². The molecule has 0 saturated carbocycles. The second-order valence-corrected chi connectivity index (χ2v) is 19.6. The molecule has 7 heterocycles. The van der Waals surface area contributed by atoms with Crippen LogP contribution in [-0.4, -0.2) is 13.4 Å². The van der Waals surface area contributed by atoms with Crippen LogP contribution in [0.2, 0.25) is 0 Å². The summed E-state index contributed by atoms with van der Waals surface area (Å²) in [6, 6.07) is 65.6. The second kappa shape index (κ2) is 13.0. The molecular weight excluding hydrogens is 858 g/mol. The number of nitrogens with zero attached hydrogens (tertiary/aromatic N) is 2. The highest BCUT2D eigenvalue weighted by Crippen LogP contribution is 2.62. The van der Waals surface area contributed by atoms with Crippen LogP contribution in [0.1, 0.15) is 11.1 Å². The third-order valence-electron chi connectivity index (χ3n) is 15.7. The molecular formula is C62H36B2N2O4. The maximum absolute atomic E-state index is 7.45. The second-order valence-electron chi connectivity index (χ2n) is 19.6. The first-order chi connectivity index (χ1) is 34.6. The molecule has 0 atom stereocenters. The normalized spacial score (nSPS) is 14.0. The number of para-hydroxylation sites is 3. The Kier molecular flexibility index (Phi) is 6.90. The summed E-state index contributed by atoms with van der Waals surface area (Å²) in [5.41, 5.74) is 23.1. The molecule has 0 saturated heterocycles. The van der Waals surface area contributed by atoms with Gasteiger partial charge >= 0.3 is 0 Å². The number of ether oxygens (including phenoxy) is 2. The molecule has 0 aliphatic carbocycles. The largest absolute Gasteiger partial charge is 0.458 e. The first-order valence-electron chi connectivity index (χ1n) is 24.1. The van der Waals surface area contributed by atoms with Crippen molar-refractivity contribution in [2.24, 2.45) is 0 Å². The van der Waals surface area contributed by atoms with Gasteiger partial charge < -0.3 is 28.1 Å². The van der Waals surface area contributed by atoms with E-state index in [1.165, 1.54) is 10.9 Å². The summed E-state index contributed by atoms with van der Waals surface area (Å²) in [5.74, 6) is 3.31. The molecule has 324 valence electrons. The van der Waals surface area contributed by atoms with E-state index in [4.69, 9.17) is 18.3 Å². The quantitative estimate of drug-likeness (QED) is 0.165. The minimum Gasteiger partial charge on any atom is -0.458 e. The molecule has 5 aliphatic rings. The summed E-state index contributed by atoms with van der Waals surface area (Å²) in [6.07, 6.45) is 0. The van der Waals surface area contributed by atoms with Gasteiger partial charge in [-0.1, -0.05) is 152 Å². The Morgan fingerprint density at radius 1 is 0.371 bits per heavy atom.